The Morgan fingerprint density at radius 2 is 1.86 bits per heavy atom. The Hall–Kier alpha value is -2.87. The number of phenolic OH excluding ortho intramolecular Hbond substituents is 1. The van der Waals surface area contributed by atoms with Gasteiger partial charge in [-0.1, -0.05) is 12.1 Å². The first-order valence-corrected chi connectivity index (χ1v) is 6.57. The maximum atomic E-state index is 9.96. The smallest absolute Gasteiger partial charge is 0.231 e. The van der Waals surface area contributed by atoms with Crippen molar-refractivity contribution < 1.29 is 14.6 Å². The van der Waals surface area contributed by atoms with E-state index < -0.39 is 0 Å². The van der Waals surface area contributed by atoms with E-state index in [0.717, 1.165) is 16.8 Å². The van der Waals surface area contributed by atoms with Gasteiger partial charge in [0.1, 0.15) is 5.75 Å². The van der Waals surface area contributed by atoms with Gasteiger partial charge in [-0.25, -0.2) is 0 Å². The minimum atomic E-state index is 0.174. The van der Waals surface area contributed by atoms with Crippen LogP contribution < -0.4 is 14.8 Å². The second-order valence-corrected chi connectivity index (χ2v) is 4.72. The Kier molecular flexibility index (Phi) is 3.52. The van der Waals surface area contributed by atoms with Gasteiger partial charge in [0, 0.05) is 23.9 Å². The van der Waals surface area contributed by atoms with Gasteiger partial charge in [-0.3, -0.25) is 0 Å². The number of rotatable bonds is 4. The molecule has 0 amide bonds. The summed E-state index contributed by atoms with van der Waals surface area (Å²) < 4.78 is 10.5. The number of phenols is 1. The van der Waals surface area contributed by atoms with Crippen LogP contribution in [0.15, 0.2) is 36.4 Å². The summed E-state index contributed by atoms with van der Waals surface area (Å²) in [7, 11) is 0. The van der Waals surface area contributed by atoms with Crippen LogP contribution in [-0.4, -0.2) is 11.9 Å². The molecule has 3 rings (SSSR count). The Morgan fingerprint density at radius 1 is 1.14 bits per heavy atom. The van der Waals surface area contributed by atoms with Gasteiger partial charge in [-0.05, 0) is 23.8 Å². The molecule has 0 saturated carbocycles. The van der Waals surface area contributed by atoms with E-state index >= 15 is 0 Å². The average Bonchev–Trinajstić information content (AvgIpc) is 2.93. The summed E-state index contributed by atoms with van der Waals surface area (Å²) in [5.74, 6) is 1.39. The molecule has 21 heavy (non-hydrogen) atoms. The fraction of sp³-hybridized carbons (Fsp3) is 0.188. The summed E-state index contributed by atoms with van der Waals surface area (Å²) in [5.41, 5.74) is 2.64. The highest BCUT2D eigenvalue weighted by atomic mass is 16.7. The molecule has 0 unspecified atom stereocenters. The summed E-state index contributed by atoms with van der Waals surface area (Å²) in [6.45, 7) is 0.659. The molecule has 5 nitrogen and oxygen atoms in total. The first-order chi connectivity index (χ1) is 10.3. The van der Waals surface area contributed by atoms with E-state index in [9.17, 15) is 5.11 Å². The standard InChI is InChI=1S/C16H14N2O3/c17-6-5-11-1-3-13(4-2-11)18-9-12-7-15-16(8-14(12)19)21-10-20-15/h1-4,7-8,18-19H,5,9-10H2. The predicted molar refractivity (Wildman–Crippen MR) is 77.3 cm³/mol. The lowest BCUT2D eigenvalue weighted by Crippen LogP contribution is -2.00. The number of ether oxygens (including phenoxy) is 2. The van der Waals surface area contributed by atoms with Crippen molar-refractivity contribution in [1.82, 2.24) is 0 Å². The van der Waals surface area contributed by atoms with Crippen LogP contribution in [0.4, 0.5) is 5.69 Å². The largest absolute Gasteiger partial charge is 0.507 e. The molecule has 0 atom stereocenters. The number of hydrogen-bond acceptors (Lipinski definition) is 5. The van der Waals surface area contributed by atoms with Crippen molar-refractivity contribution in [3.63, 3.8) is 0 Å². The second kappa shape index (κ2) is 5.63. The maximum Gasteiger partial charge on any atom is 0.231 e. The molecule has 0 bridgehead atoms. The number of nitriles is 1. The highest BCUT2D eigenvalue weighted by Gasteiger charge is 2.16. The van der Waals surface area contributed by atoms with Crippen LogP contribution in [0.3, 0.4) is 0 Å². The third kappa shape index (κ3) is 2.84. The average molecular weight is 282 g/mol. The van der Waals surface area contributed by atoms with E-state index in [1.807, 2.05) is 24.3 Å². The number of nitrogens with zero attached hydrogens (tertiary/aromatic N) is 1. The van der Waals surface area contributed by atoms with Gasteiger partial charge in [0.05, 0.1) is 12.5 Å². The number of aromatic hydroxyl groups is 1. The molecule has 1 heterocycles. The van der Waals surface area contributed by atoms with Crippen LogP contribution in [0.5, 0.6) is 17.2 Å². The number of benzene rings is 2. The predicted octanol–water partition coefficient (Wildman–Crippen LogP) is 2.80. The van der Waals surface area contributed by atoms with Crippen molar-refractivity contribution in [2.45, 2.75) is 13.0 Å². The molecule has 0 aromatic heterocycles. The van der Waals surface area contributed by atoms with Gasteiger partial charge >= 0.3 is 0 Å². The third-order valence-electron chi connectivity index (χ3n) is 3.29. The van der Waals surface area contributed by atoms with Crippen LogP contribution in [-0.2, 0) is 13.0 Å². The summed E-state index contributed by atoms with van der Waals surface area (Å²) in [6.07, 6.45) is 0.406. The lowest BCUT2D eigenvalue weighted by Gasteiger charge is -2.09. The molecule has 0 radical (unpaired) electrons. The third-order valence-corrected chi connectivity index (χ3v) is 3.29. The van der Waals surface area contributed by atoms with Crippen molar-refractivity contribution in [1.29, 1.82) is 5.26 Å². The minimum Gasteiger partial charge on any atom is -0.507 e. The van der Waals surface area contributed by atoms with E-state index in [4.69, 9.17) is 14.7 Å². The number of nitrogens with one attached hydrogen (secondary N) is 1. The van der Waals surface area contributed by atoms with Crippen molar-refractivity contribution in [3.8, 4) is 23.3 Å². The van der Waals surface area contributed by atoms with E-state index in [1.165, 1.54) is 0 Å². The van der Waals surface area contributed by atoms with Gasteiger partial charge in [-0.2, -0.15) is 5.26 Å². The lowest BCUT2D eigenvalue weighted by atomic mass is 10.1. The lowest BCUT2D eigenvalue weighted by molar-refractivity contribution is 0.174. The highest BCUT2D eigenvalue weighted by molar-refractivity contribution is 5.53. The zero-order valence-electron chi connectivity index (χ0n) is 11.3. The minimum absolute atomic E-state index is 0.174. The summed E-state index contributed by atoms with van der Waals surface area (Å²) in [5, 5.41) is 21.8. The van der Waals surface area contributed by atoms with Crippen LogP contribution >= 0.6 is 0 Å². The molecule has 0 aliphatic carbocycles. The quantitative estimate of drug-likeness (QED) is 0.902. The molecule has 0 spiro atoms. The first kappa shape index (κ1) is 13.1. The summed E-state index contributed by atoms with van der Waals surface area (Å²) >= 11 is 0. The van der Waals surface area contributed by atoms with Crippen molar-refractivity contribution in [2.24, 2.45) is 0 Å². The molecular weight excluding hydrogens is 268 g/mol. The van der Waals surface area contributed by atoms with Crippen molar-refractivity contribution in [3.05, 3.63) is 47.5 Å². The molecular formula is C16H14N2O3. The van der Waals surface area contributed by atoms with Crippen molar-refractivity contribution in [2.75, 3.05) is 12.1 Å². The van der Waals surface area contributed by atoms with Crippen LogP contribution in [0.2, 0.25) is 0 Å². The number of anilines is 1. The van der Waals surface area contributed by atoms with E-state index in [1.54, 1.807) is 12.1 Å². The van der Waals surface area contributed by atoms with E-state index in [2.05, 4.69) is 11.4 Å². The Balaban J connectivity index is 1.69. The van der Waals surface area contributed by atoms with Gasteiger partial charge in [0.15, 0.2) is 11.5 Å². The molecule has 0 saturated heterocycles. The van der Waals surface area contributed by atoms with E-state index in [-0.39, 0.29) is 12.5 Å². The molecule has 106 valence electrons. The van der Waals surface area contributed by atoms with Gasteiger partial charge in [0.25, 0.3) is 0 Å². The van der Waals surface area contributed by atoms with Crippen LogP contribution in [0.1, 0.15) is 11.1 Å². The normalized spacial score (nSPS) is 12.0. The Bertz CT molecular complexity index is 690. The second-order valence-electron chi connectivity index (χ2n) is 4.72. The van der Waals surface area contributed by atoms with Crippen LogP contribution in [0, 0.1) is 11.3 Å². The van der Waals surface area contributed by atoms with Gasteiger partial charge < -0.3 is 19.9 Å². The first-order valence-electron chi connectivity index (χ1n) is 6.57. The van der Waals surface area contributed by atoms with Gasteiger partial charge in [-0.15, -0.1) is 0 Å². The molecule has 0 fully saturated rings. The molecule has 1 aliphatic rings. The molecule has 2 aromatic rings. The maximum absolute atomic E-state index is 9.96. The zero-order chi connectivity index (χ0) is 14.7. The molecule has 5 heteroatoms. The zero-order valence-corrected chi connectivity index (χ0v) is 11.3. The van der Waals surface area contributed by atoms with Crippen LogP contribution in [0.25, 0.3) is 0 Å². The fourth-order valence-corrected chi connectivity index (χ4v) is 2.14. The highest BCUT2D eigenvalue weighted by Crippen LogP contribution is 2.37. The Labute approximate surface area is 122 Å². The molecule has 2 N–H and O–H groups in total. The summed E-state index contributed by atoms with van der Waals surface area (Å²) in [6, 6.07) is 13.1. The number of fused-ring (bicyclic) bond motifs is 1. The van der Waals surface area contributed by atoms with Gasteiger partial charge in [0.2, 0.25) is 6.79 Å². The van der Waals surface area contributed by atoms with Crippen molar-refractivity contribution >= 4 is 5.69 Å². The van der Waals surface area contributed by atoms with E-state index in [0.29, 0.717) is 24.5 Å². The number of hydrogen-bond donors (Lipinski definition) is 2. The Morgan fingerprint density at radius 3 is 2.57 bits per heavy atom. The SMILES string of the molecule is N#CCc1ccc(NCc2cc3c(cc2O)OCO3)cc1. The summed E-state index contributed by atoms with van der Waals surface area (Å²) in [4.78, 5) is 0. The molecule has 2 aromatic carbocycles. The fourth-order valence-electron chi connectivity index (χ4n) is 2.14. The topological polar surface area (TPSA) is 74.5 Å². The monoisotopic (exact) mass is 282 g/mol. The molecule has 1 aliphatic heterocycles.